The Morgan fingerprint density at radius 3 is 2.75 bits per heavy atom. The van der Waals surface area contributed by atoms with Gasteiger partial charge in [-0.15, -0.1) is 0 Å². The summed E-state index contributed by atoms with van der Waals surface area (Å²) in [6.07, 6.45) is 0. The lowest BCUT2D eigenvalue weighted by atomic mass is 10.0. The van der Waals surface area contributed by atoms with E-state index in [0.717, 1.165) is 16.8 Å². The number of amides is 2. The van der Waals surface area contributed by atoms with Gasteiger partial charge in [-0.3, -0.25) is 14.5 Å². The van der Waals surface area contributed by atoms with Crippen molar-refractivity contribution in [2.75, 3.05) is 11.9 Å². The minimum atomic E-state index is -0.234. The van der Waals surface area contributed by atoms with Crippen molar-refractivity contribution in [2.24, 2.45) is 0 Å². The van der Waals surface area contributed by atoms with Gasteiger partial charge >= 0.3 is 0 Å². The first-order valence-electron chi connectivity index (χ1n) is 6.23. The Morgan fingerprint density at radius 2 is 2.10 bits per heavy atom. The summed E-state index contributed by atoms with van der Waals surface area (Å²) in [6.45, 7) is 4.34. The number of hydrogen-bond acceptors (Lipinski definition) is 4. The first-order valence-corrected chi connectivity index (χ1v) is 7.45. The Kier molecular flexibility index (Phi) is 3.14. The molecule has 0 spiro atoms. The molecule has 6 heteroatoms. The average molecular weight is 304 g/mol. The summed E-state index contributed by atoms with van der Waals surface area (Å²) in [4.78, 5) is 26.5. The van der Waals surface area contributed by atoms with Crippen LogP contribution in [0.25, 0.3) is 5.57 Å². The van der Waals surface area contributed by atoms with E-state index in [4.69, 9.17) is 12.2 Å². The third-order valence-corrected chi connectivity index (χ3v) is 4.76. The predicted octanol–water partition coefficient (Wildman–Crippen LogP) is 2.54. The van der Waals surface area contributed by atoms with Crippen LogP contribution in [0.2, 0.25) is 0 Å². The molecule has 0 aliphatic carbocycles. The average Bonchev–Trinajstić information content (AvgIpc) is 2.85. The fourth-order valence-electron chi connectivity index (χ4n) is 2.33. The van der Waals surface area contributed by atoms with E-state index < -0.39 is 0 Å². The number of thioether (sulfide) groups is 1. The van der Waals surface area contributed by atoms with Gasteiger partial charge < -0.3 is 5.32 Å². The molecule has 1 aromatic carbocycles. The quantitative estimate of drug-likeness (QED) is 0.640. The minimum Gasteiger partial charge on any atom is -0.321 e. The maximum atomic E-state index is 12.4. The second-order valence-electron chi connectivity index (χ2n) is 4.62. The molecule has 0 unspecified atom stereocenters. The fraction of sp³-hybridized carbons (Fsp3) is 0.214. The summed E-state index contributed by atoms with van der Waals surface area (Å²) < 4.78 is 0.508. The number of carbonyl (C=O) groups excluding carboxylic acids is 2. The van der Waals surface area contributed by atoms with Gasteiger partial charge in [0.2, 0.25) is 0 Å². The molecule has 0 atom stereocenters. The molecule has 0 bridgehead atoms. The van der Waals surface area contributed by atoms with Crippen LogP contribution in [-0.2, 0) is 9.59 Å². The smallest absolute Gasteiger partial charge is 0.266 e. The van der Waals surface area contributed by atoms with Gasteiger partial charge in [0.25, 0.3) is 11.8 Å². The second-order valence-corrected chi connectivity index (χ2v) is 6.27. The molecule has 1 aromatic rings. The number of likely N-dealkylation sites (N-methyl/N-ethyl adjacent to an activating group) is 1. The van der Waals surface area contributed by atoms with Gasteiger partial charge in [-0.25, -0.2) is 0 Å². The van der Waals surface area contributed by atoms with E-state index in [-0.39, 0.29) is 11.8 Å². The van der Waals surface area contributed by atoms with E-state index >= 15 is 0 Å². The first-order chi connectivity index (χ1) is 9.52. The van der Waals surface area contributed by atoms with E-state index in [0.29, 0.717) is 21.3 Å². The minimum absolute atomic E-state index is 0.179. The van der Waals surface area contributed by atoms with Crippen molar-refractivity contribution >= 4 is 51.4 Å². The first kappa shape index (κ1) is 13.3. The number of anilines is 1. The van der Waals surface area contributed by atoms with Crippen molar-refractivity contribution in [1.82, 2.24) is 4.90 Å². The Balaban J connectivity index is 2.18. The van der Waals surface area contributed by atoms with Gasteiger partial charge in [0.05, 0.1) is 10.5 Å². The fourth-order valence-corrected chi connectivity index (χ4v) is 3.79. The Labute approximate surface area is 126 Å². The summed E-state index contributed by atoms with van der Waals surface area (Å²) in [5, 5.41) is 2.80. The zero-order chi connectivity index (χ0) is 14.4. The molecular formula is C14H12N2O2S2. The van der Waals surface area contributed by atoms with E-state index in [1.165, 1.54) is 16.7 Å². The molecule has 4 nitrogen and oxygen atoms in total. The number of benzene rings is 1. The third kappa shape index (κ3) is 1.87. The molecule has 3 rings (SSSR count). The molecule has 102 valence electrons. The highest BCUT2D eigenvalue weighted by Gasteiger charge is 2.38. The van der Waals surface area contributed by atoms with Crippen LogP contribution in [0.4, 0.5) is 5.69 Å². The van der Waals surface area contributed by atoms with Gasteiger partial charge in [-0.2, -0.15) is 0 Å². The Bertz CT molecular complexity index is 694. The Hall–Kier alpha value is -1.66. The highest BCUT2D eigenvalue weighted by atomic mass is 32.2. The topological polar surface area (TPSA) is 49.4 Å². The van der Waals surface area contributed by atoms with Crippen LogP contribution in [0.3, 0.4) is 0 Å². The van der Waals surface area contributed by atoms with E-state index in [1.54, 1.807) is 0 Å². The summed E-state index contributed by atoms with van der Waals surface area (Å²) in [6, 6.07) is 5.70. The maximum Gasteiger partial charge on any atom is 0.266 e. The van der Waals surface area contributed by atoms with Gasteiger partial charge in [0.15, 0.2) is 0 Å². The molecule has 2 aliphatic rings. The summed E-state index contributed by atoms with van der Waals surface area (Å²) >= 11 is 6.40. The highest BCUT2D eigenvalue weighted by molar-refractivity contribution is 8.26. The number of hydrogen-bond donors (Lipinski definition) is 1. The summed E-state index contributed by atoms with van der Waals surface area (Å²) in [5.74, 6) is -0.413. The molecule has 0 radical (unpaired) electrons. The van der Waals surface area contributed by atoms with Crippen LogP contribution in [0.1, 0.15) is 18.1 Å². The number of aryl methyl sites for hydroxylation is 1. The molecule has 0 aromatic heterocycles. The van der Waals surface area contributed by atoms with Crippen LogP contribution in [0.15, 0.2) is 23.1 Å². The number of thiocarbonyl (C=S) groups is 1. The number of fused-ring (bicyclic) bond motifs is 1. The van der Waals surface area contributed by atoms with Crippen LogP contribution in [0, 0.1) is 6.92 Å². The largest absolute Gasteiger partial charge is 0.321 e. The molecular weight excluding hydrogens is 292 g/mol. The molecule has 1 N–H and O–H groups in total. The zero-order valence-electron chi connectivity index (χ0n) is 11.0. The van der Waals surface area contributed by atoms with Gasteiger partial charge in [-0.05, 0) is 26.0 Å². The molecule has 2 aliphatic heterocycles. The van der Waals surface area contributed by atoms with Crippen LogP contribution < -0.4 is 5.32 Å². The van der Waals surface area contributed by atoms with Crippen LogP contribution >= 0.6 is 24.0 Å². The highest BCUT2D eigenvalue weighted by Crippen LogP contribution is 2.42. The predicted molar refractivity (Wildman–Crippen MR) is 84.3 cm³/mol. The van der Waals surface area contributed by atoms with E-state index in [1.807, 2.05) is 32.0 Å². The monoisotopic (exact) mass is 304 g/mol. The van der Waals surface area contributed by atoms with Gasteiger partial charge in [-0.1, -0.05) is 35.6 Å². The molecule has 2 amide bonds. The maximum absolute atomic E-state index is 12.4. The van der Waals surface area contributed by atoms with Gasteiger partial charge in [0.1, 0.15) is 4.32 Å². The van der Waals surface area contributed by atoms with Crippen LogP contribution in [0.5, 0.6) is 0 Å². The zero-order valence-corrected chi connectivity index (χ0v) is 12.7. The lowest BCUT2D eigenvalue weighted by molar-refractivity contribution is -0.122. The lowest BCUT2D eigenvalue weighted by Crippen LogP contribution is -2.27. The normalized spacial score (nSPS) is 21.5. The SMILES string of the molecule is CCN1C(=O)/C(=C2/C(=O)Nc3ccc(C)cc32)SC1=S. The summed E-state index contributed by atoms with van der Waals surface area (Å²) in [5.41, 5.74) is 3.02. The lowest BCUT2D eigenvalue weighted by Gasteiger charge is -2.10. The van der Waals surface area contributed by atoms with Crippen molar-refractivity contribution in [3.8, 4) is 0 Å². The third-order valence-electron chi connectivity index (χ3n) is 3.31. The molecule has 1 fully saturated rings. The van der Waals surface area contributed by atoms with Crippen molar-refractivity contribution in [2.45, 2.75) is 13.8 Å². The number of nitrogens with zero attached hydrogens (tertiary/aromatic N) is 1. The summed E-state index contributed by atoms with van der Waals surface area (Å²) in [7, 11) is 0. The van der Waals surface area contributed by atoms with Crippen molar-refractivity contribution in [3.05, 3.63) is 34.2 Å². The van der Waals surface area contributed by atoms with Crippen LogP contribution in [-0.4, -0.2) is 27.6 Å². The second kappa shape index (κ2) is 4.71. The molecule has 2 heterocycles. The standard InChI is InChI=1S/C14H12N2O2S2/c1-3-16-13(18)11(20-14(16)19)10-8-6-7(2)4-5-9(8)15-12(10)17/h4-6H,3H2,1-2H3,(H,15,17)/b11-10-. The number of nitrogens with one attached hydrogen (secondary N) is 1. The number of rotatable bonds is 1. The molecule has 20 heavy (non-hydrogen) atoms. The van der Waals surface area contributed by atoms with E-state index in [9.17, 15) is 9.59 Å². The van der Waals surface area contributed by atoms with Crippen molar-refractivity contribution in [3.63, 3.8) is 0 Å². The van der Waals surface area contributed by atoms with Crippen molar-refractivity contribution < 1.29 is 9.59 Å². The molecule has 1 saturated heterocycles. The molecule has 0 saturated carbocycles. The van der Waals surface area contributed by atoms with Crippen molar-refractivity contribution in [1.29, 1.82) is 0 Å². The van der Waals surface area contributed by atoms with E-state index in [2.05, 4.69) is 5.32 Å². The number of carbonyl (C=O) groups is 2. The van der Waals surface area contributed by atoms with Gasteiger partial charge in [0, 0.05) is 17.8 Å². The Morgan fingerprint density at radius 1 is 1.35 bits per heavy atom.